The number of nitrogens with one attached hydrogen (secondary N) is 2. The minimum Gasteiger partial charge on any atom is -0.375 e. The van der Waals surface area contributed by atoms with Crippen molar-refractivity contribution in [3.8, 4) is 0 Å². The molecule has 0 atom stereocenters. The van der Waals surface area contributed by atoms with Crippen LogP contribution in [0.3, 0.4) is 0 Å². The summed E-state index contributed by atoms with van der Waals surface area (Å²) < 4.78 is 1.90. The quantitative estimate of drug-likeness (QED) is 0.640. The zero-order valence-electron chi connectivity index (χ0n) is 10.3. The number of amides is 1. The van der Waals surface area contributed by atoms with Crippen LogP contribution in [-0.4, -0.2) is 12.5 Å². The molecule has 0 unspecified atom stereocenters. The molecule has 2 aromatic rings. The highest BCUT2D eigenvalue weighted by atomic mass is 127. The molecule has 2 aromatic carbocycles. The minimum absolute atomic E-state index is 0.117. The molecule has 0 heterocycles. The zero-order chi connectivity index (χ0) is 14.5. The van der Waals surface area contributed by atoms with Gasteiger partial charge >= 0.3 is 0 Å². The molecular weight excluding hydrogens is 454 g/mol. The van der Waals surface area contributed by atoms with Crippen molar-refractivity contribution in [1.29, 1.82) is 0 Å². The highest BCUT2D eigenvalue weighted by Crippen LogP contribution is 2.25. The highest BCUT2D eigenvalue weighted by molar-refractivity contribution is 14.1. The molecule has 20 heavy (non-hydrogen) atoms. The van der Waals surface area contributed by atoms with Crippen LogP contribution in [0.5, 0.6) is 0 Å². The first-order valence-electron chi connectivity index (χ1n) is 5.79. The summed E-state index contributed by atoms with van der Waals surface area (Å²) in [6.45, 7) is 0.159. The number of carbonyl (C=O) groups excluding carboxylic acids is 1. The number of halogens is 3. The molecule has 0 radical (unpaired) electrons. The van der Waals surface area contributed by atoms with E-state index in [9.17, 15) is 4.79 Å². The lowest BCUT2D eigenvalue weighted by Gasteiger charge is -2.10. The molecule has 0 aliphatic carbocycles. The van der Waals surface area contributed by atoms with Crippen LogP contribution in [0, 0.1) is 3.57 Å². The number of anilines is 2. The number of para-hydroxylation sites is 1. The lowest BCUT2D eigenvalue weighted by molar-refractivity contribution is -0.114. The van der Waals surface area contributed by atoms with Crippen molar-refractivity contribution in [3.05, 3.63) is 55.5 Å². The number of hydrogen-bond donors (Lipinski definition) is 2. The molecule has 2 N–H and O–H groups in total. The fraction of sp³-hybridized carbons (Fsp3) is 0.0714. The fourth-order valence-corrected chi connectivity index (χ4v) is 2.83. The zero-order valence-corrected chi connectivity index (χ0v) is 14.8. The SMILES string of the molecule is O=C(CNc1ccc(Br)cc1Cl)Nc1ccccc1I. The van der Waals surface area contributed by atoms with Crippen LogP contribution in [-0.2, 0) is 4.79 Å². The minimum atomic E-state index is -0.117. The first-order chi connectivity index (χ1) is 9.56. The van der Waals surface area contributed by atoms with E-state index in [0.717, 1.165) is 19.4 Å². The summed E-state index contributed by atoms with van der Waals surface area (Å²) >= 11 is 11.6. The average Bonchev–Trinajstić information content (AvgIpc) is 2.40. The van der Waals surface area contributed by atoms with E-state index in [2.05, 4.69) is 49.2 Å². The van der Waals surface area contributed by atoms with E-state index in [0.29, 0.717) is 5.02 Å². The molecule has 0 bridgehead atoms. The Morgan fingerprint density at radius 2 is 1.95 bits per heavy atom. The molecule has 0 spiro atoms. The molecule has 0 saturated carbocycles. The molecule has 6 heteroatoms. The molecule has 0 fully saturated rings. The van der Waals surface area contributed by atoms with Crippen LogP contribution in [0.15, 0.2) is 46.9 Å². The molecule has 0 aromatic heterocycles. The number of rotatable bonds is 4. The topological polar surface area (TPSA) is 41.1 Å². The van der Waals surface area contributed by atoms with Gasteiger partial charge in [-0.1, -0.05) is 39.7 Å². The first-order valence-corrected chi connectivity index (χ1v) is 8.04. The molecule has 104 valence electrons. The summed E-state index contributed by atoms with van der Waals surface area (Å²) in [4.78, 5) is 11.9. The Labute approximate surface area is 144 Å². The van der Waals surface area contributed by atoms with Crippen LogP contribution in [0.25, 0.3) is 0 Å². The van der Waals surface area contributed by atoms with Gasteiger partial charge in [-0.3, -0.25) is 4.79 Å². The highest BCUT2D eigenvalue weighted by Gasteiger charge is 2.06. The van der Waals surface area contributed by atoms with Crippen molar-refractivity contribution in [3.63, 3.8) is 0 Å². The predicted octanol–water partition coefficient (Wildman–Crippen LogP) is 4.76. The Bertz CT molecular complexity index is 636. The predicted molar refractivity (Wildman–Crippen MR) is 95.4 cm³/mol. The summed E-state index contributed by atoms with van der Waals surface area (Å²) in [6, 6.07) is 13.1. The summed E-state index contributed by atoms with van der Waals surface area (Å²) in [5.74, 6) is -0.117. The van der Waals surface area contributed by atoms with Crippen LogP contribution in [0.4, 0.5) is 11.4 Å². The van der Waals surface area contributed by atoms with Gasteiger partial charge in [0.05, 0.1) is 22.9 Å². The van der Waals surface area contributed by atoms with Crippen molar-refractivity contribution < 1.29 is 4.79 Å². The van der Waals surface area contributed by atoms with Crippen LogP contribution < -0.4 is 10.6 Å². The van der Waals surface area contributed by atoms with E-state index in [1.165, 1.54) is 0 Å². The van der Waals surface area contributed by atoms with E-state index in [1.54, 1.807) is 6.07 Å². The van der Waals surface area contributed by atoms with Gasteiger partial charge in [-0.05, 0) is 52.9 Å². The Kier molecular flexibility index (Phi) is 5.68. The Hall–Kier alpha value is -0.790. The largest absolute Gasteiger partial charge is 0.375 e. The standard InChI is InChI=1S/C14H11BrClIN2O/c15-9-5-6-12(10(16)7-9)18-8-14(20)19-13-4-2-1-3-11(13)17/h1-7,18H,8H2,(H,19,20). The second-order valence-electron chi connectivity index (χ2n) is 4.01. The van der Waals surface area contributed by atoms with E-state index in [-0.39, 0.29) is 12.5 Å². The Balaban J connectivity index is 1.94. The van der Waals surface area contributed by atoms with Gasteiger partial charge in [0.15, 0.2) is 0 Å². The number of carbonyl (C=O) groups is 1. The average molecular weight is 466 g/mol. The third-order valence-electron chi connectivity index (χ3n) is 2.52. The van der Waals surface area contributed by atoms with Gasteiger partial charge < -0.3 is 10.6 Å². The van der Waals surface area contributed by atoms with E-state index in [4.69, 9.17) is 11.6 Å². The maximum atomic E-state index is 11.9. The first kappa shape index (κ1) is 15.6. The van der Waals surface area contributed by atoms with Gasteiger partial charge in [-0.2, -0.15) is 0 Å². The second-order valence-corrected chi connectivity index (χ2v) is 6.49. The third kappa shape index (κ3) is 4.36. The van der Waals surface area contributed by atoms with E-state index >= 15 is 0 Å². The maximum Gasteiger partial charge on any atom is 0.243 e. The molecule has 1 amide bonds. The fourth-order valence-electron chi connectivity index (χ4n) is 1.57. The van der Waals surface area contributed by atoms with Crippen LogP contribution in [0.1, 0.15) is 0 Å². The Morgan fingerprint density at radius 3 is 2.65 bits per heavy atom. The third-order valence-corrected chi connectivity index (χ3v) is 4.27. The molecule has 0 saturated heterocycles. The van der Waals surface area contributed by atoms with E-state index in [1.807, 2.05) is 36.4 Å². The Morgan fingerprint density at radius 1 is 1.20 bits per heavy atom. The monoisotopic (exact) mass is 464 g/mol. The second kappa shape index (κ2) is 7.28. The van der Waals surface area contributed by atoms with Crippen molar-refractivity contribution in [1.82, 2.24) is 0 Å². The lowest BCUT2D eigenvalue weighted by Crippen LogP contribution is -2.22. The van der Waals surface area contributed by atoms with Crippen molar-refractivity contribution in [2.24, 2.45) is 0 Å². The van der Waals surface area contributed by atoms with Crippen molar-refractivity contribution >= 4 is 67.4 Å². The lowest BCUT2D eigenvalue weighted by atomic mass is 10.3. The smallest absolute Gasteiger partial charge is 0.243 e. The van der Waals surface area contributed by atoms with Gasteiger partial charge in [0.1, 0.15) is 0 Å². The summed E-state index contributed by atoms with van der Waals surface area (Å²) in [7, 11) is 0. The molecule has 3 nitrogen and oxygen atoms in total. The van der Waals surface area contributed by atoms with Crippen molar-refractivity contribution in [2.75, 3.05) is 17.2 Å². The number of benzene rings is 2. The van der Waals surface area contributed by atoms with Gasteiger partial charge in [-0.25, -0.2) is 0 Å². The van der Waals surface area contributed by atoms with Crippen molar-refractivity contribution in [2.45, 2.75) is 0 Å². The van der Waals surface area contributed by atoms with Gasteiger partial charge in [0.2, 0.25) is 5.91 Å². The molecule has 2 rings (SSSR count). The maximum absolute atomic E-state index is 11.9. The summed E-state index contributed by atoms with van der Waals surface area (Å²) in [5.41, 5.74) is 1.54. The van der Waals surface area contributed by atoms with Gasteiger partial charge in [0, 0.05) is 8.04 Å². The molecular formula is C14H11BrClIN2O. The van der Waals surface area contributed by atoms with Crippen LogP contribution in [0.2, 0.25) is 5.02 Å². The number of hydrogen-bond acceptors (Lipinski definition) is 2. The van der Waals surface area contributed by atoms with Crippen LogP contribution >= 0.6 is 50.1 Å². The van der Waals surface area contributed by atoms with Gasteiger partial charge in [0.25, 0.3) is 0 Å². The normalized spacial score (nSPS) is 10.2. The summed E-state index contributed by atoms with van der Waals surface area (Å²) in [5, 5.41) is 6.43. The molecule has 0 aliphatic heterocycles. The van der Waals surface area contributed by atoms with Gasteiger partial charge in [-0.15, -0.1) is 0 Å². The van der Waals surface area contributed by atoms with E-state index < -0.39 is 0 Å². The summed E-state index contributed by atoms with van der Waals surface area (Å²) in [6.07, 6.45) is 0. The molecule has 0 aliphatic rings.